The summed E-state index contributed by atoms with van der Waals surface area (Å²) in [5.74, 6) is -3.66. The van der Waals surface area contributed by atoms with E-state index < -0.39 is 29.9 Å². The van der Waals surface area contributed by atoms with E-state index in [1.54, 1.807) is 5.57 Å². The maximum absolute atomic E-state index is 12.9. The van der Waals surface area contributed by atoms with E-state index in [-0.39, 0.29) is 5.41 Å². The monoisotopic (exact) mass is 390 g/mol. The summed E-state index contributed by atoms with van der Waals surface area (Å²) in [6.45, 7) is 4.59. The fraction of sp³-hybridized carbons (Fsp3) is 0.826. The summed E-state index contributed by atoms with van der Waals surface area (Å²) in [4.78, 5) is 23.9. The first kappa shape index (κ1) is 20.1. The van der Waals surface area contributed by atoms with Gasteiger partial charge in [-0.15, -0.1) is 0 Å². The maximum Gasteiger partial charge on any atom is 0.309 e. The lowest BCUT2D eigenvalue weighted by Crippen LogP contribution is -2.53. The third-order valence-electron chi connectivity index (χ3n) is 9.13. The lowest BCUT2D eigenvalue weighted by Gasteiger charge is -2.57. The number of Topliss-reactive ketones (excluding diaryl/α,β-unsaturated/α-hetero) is 1. The maximum atomic E-state index is 12.9. The van der Waals surface area contributed by atoms with Crippen molar-refractivity contribution in [3.05, 3.63) is 11.6 Å². The quantitative estimate of drug-likeness (QED) is 0.503. The number of fused-ring (bicyclic) bond motifs is 5. The van der Waals surface area contributed by atoms with Gasteiger partial charge < -0.3 is 15.3 Å². The molecule has 0 aromatic carbocycles. The fourth-order valence-electron chi connectivity index (χ4n) is 7.71. The smallest absolute Gasteiger partial charge is 0.309 e. The lowest BCUT2D eigenvalue weighted by atomic mass is 9.47. The molecule has 4 aliphatic rings. The zero-order chi connectivity index (χ0) is 20.3. The number of carboxylic acids is 1. The number of carboxylic acid groups (broad SMARTS) is 1. The van der Waals surface area contributed by atoms with Crippen molar-refractivity contribution < 1.29 is 24.9 Å². The second kappa shape index (κ2) is 6.66. The van der Waals surface area contributed by atoms with Crippen molar-refractivity contribution in [2.45, 2.75) is 83.8 Å². The number of aliphatic hydroxyl groups is 2. The van der Waals surface area contributed by atoms with Crippen LogP contribution >= 0.6 is 0 Å². The van der Waals surface area contributed by atoms with Crippen molar-refractivity contribution in [2.75, 3.05) is 0 Å². The normalized spacial score (nSPS) is 42.8. The average molecular weight is 391 g/mol. The molecule has 156 valence electrons. The predicted molar refractivity (Wildman–Crippen MR) is 104 cm³/mol. The van der Waals surface area contributed by atoms with E-state index in [2.05, 4.69) is 19.9 Å². The summed E-state index contributed by atoms with van der Waals surface area (Å²) < 4.78 is 0. The number of allylic oxidation sites excluding steroid dienone is 2. The summed E-state index contributed by atoms with van der Waals surface area (Å²) in [5, 5.41) is 29.3. The van der Waals surface area contributed by atoms with E-state index in [1.807, 2.05) is 0 Å². The number of hydrogen-bond donors (Lipinski definition) is 3. The Hall–Kier alpha value is -1.20. The van der Waals surface area contributed by atoms with Gasteiger partial charge in [0.05, 0.1) is 0 Å². The fourth-order valence-corrected chi connectivity index (χ4v) is 7.71. The highest BCUT2D eigenvalue weighted by molar-refractivity contribution is 5.91. The Morgan fingerprint density at radius 2 is 1.86 bits per heavy atom. The summed E-state index contributed by atoms with van der Waals surface area (Å²) in [5.41, 5.74) is 1.69. The minimum Gasteiger partial charge on any atom is -0.481 e. The Kier molecular flexibility index (Phi) is 4.78. The predicted octanol–water partition coefficient (Wildman–Crippen LogP) is 3.68. The Morgan fingerprint density at radius 3 is 2.57 bits per heavy atom. The van der Waals surface area contributed by atoms with Crippen LogP contribution in [0.15, 0.2) is 11.6 Å². The van der Waals surface area contributed by atoms with Gasteiger partial charge in [-0.1, -0.05) is 31.9 Å². The molecule has 0 heterocycles. The molecule has 0 bridgehead atoms. The van der Waals surface area contributed by atoms with E-state index in [1.165, 1.54) is 25.7 Å². The number of hydrogen-bond acceptors (Lipinski definition) is 4. The van der Waals surface area contributed by atoms with Crippen molar-refractivity contribution >= 4 is 11.8 Å². The minimum atomic E-state index is -2.76. The highest BCUT2D eigenvalue weighted by atomic mass is 16.5. The van der Waals surface area contributed by atoms with Crippen molar-refractivity contribution in [3.63, 3.8) is 0 Å². The third-order valence-corrected chi connectivity index (χ3v) is 9.13. The zero-order valence-corrected chi connectivity index (χ0v) is 17.1. The molecule has 0 saturated heterocycles. The number of carbonyl (C=O) groups is 2. The van der Waals surface area contributed by atoms with Crippen LogP contribution < -0.4 is 0 Å². The molecule has 0 unspecified atom stereocenters. The summed E-state index contributed by atoms with van der Waals surface area (Å²) >= 11 is 0. The molecule has 3 N–H and O–H groups in total. The van der Waals surface area contributed by atoms with Crippen molar-refractivity contribution in [1.82, 2.24) is 0 Å². The average Bonchev–Trinajstić information content (AvgIpc) is 2.96. The first-order chi connectivity index (χ1) is 13.1. The lowest BCUT2D eigenvalue weighted by molar-refractivity contribution is -0.198. The van der Waals surface area contributed by atoms with Crippen LogP contribution in [0.25, 0.3) is 0 Å². The molecule has 0 spiro atoms. The highest BCUT2D eigenvalue weighted by Crippen LogP contribution is 2.66. The number of aliphatic carboxylic acids is 1. The number of ketones is 1. The van der Waals surface area contributed by atoms with E-state index in [0.717, 1.165) is 25.7 Å². The van der Waals surface area contributed by atoms with Gasteiger partial charge in [-0.3, -0.25) is 9.59 Å². The van der Waals surface area contributed by atoms with E-state index >= 15 is 0 Å². The molecule has 5 nitrogen and oxygen atoms in total. The molecule has 5 heteroatoms. The topological polar surface area (TPSA) is 94.8 Å². The SMILES string of the molecule is C[C@]12CC[C@H]3[C@@H](CC=C4CCCC[C@@]43C)[C@@H]1CC[C@@H]2C(=O)C(O)(O)CC(=O)O. The molecule has 28 heavy (non-hydrogen) atoms. The standard InChI is InChI=1S/C23H34O5/c1-21-11-4-3-5-14(21)6-7-15-16-8-9-18(22(16,2)12-10-17(15)21)20(26)23(27,28)13-19(24)25/h6,15-18,27-28H,3-5,7-13H2,1-2H3,(H,24,25)/t15-,16-,17-,18+,21-,22-/m0/s1. The van der Waals surface area contributed by atoms with Crippen LogP contribution in [-0.2, 0) is 9.59 Å². The second-order valence-electron chi connectivity index (χ2n) is 10.4. The van der Waals surface area contributed by atoms with Crippen LogP contribution in [0.2, 0.25) is 0 Å². The molecule has 3 fully saturated rings. The zero-order valence-electron chi connectivity index (χ0n) is 17.1. The van der Waals surface area contributed by atoms with Crippen LogP contribution in [-0.4, -0.2) is 32.9 Å². The molecule has 6 atom stereocenters. The molecule has 4 aliphatic carbocycles. The second-order valence-corrected chi connectivity index (χ2v) is 10.4. The van der Waals surface area contributed by atoms with Crippen molar-refractivity contribution in [2.24, 2.45) is 34.5 Å². The molecular weight excluding hydrogens is 356 g/mol. The van der Waals surface area contributed by atoms with Gasteiger partial charge in [-0.05, 0) is 80.0 Å². The van der Waals surface area contributed by atoms with Crippen molar-refractivity contribution in [3.8, 4) is 0 Å². The van der Waals surface area contributed by atoms with Crippen LogP contribution in [0.3, 0.4) is 0 Å². The molecule has 0 radical (unpaired) electrons. The van der Waals surface area contributed by atoms with Gasteiger partial charge in [0.25, 0.3) is 0 Å². The van der Waals surface area contributed by atoms with Crippen LogP contribution in [0.5, 0.6) is 0 Å². The first-order valence-corrected chi connectivity index (χ1v) is 11.0. The molecule has 4 rings (SSSR count). The summed E-state index contributed by atoms with van der Waals surface area (Å²) in [7, 11) is 0. The van der Waals surface area contributed by atoms with E-state index in [9.17, 15) is 19.8 Å². The Bertz CT molecular complexity index is 710. The summed E-state index contributed by atoms with van der Waals surface area (Å²) in [6, 6.07) is 0. The van der Waals surface area contributed by atoms with Crippen LogP contribution in [0, 0.1) is 34.5 Å². The molecule has 0 aromatic rings. The van der Waals surface area contributed by atoms with Gasteiger partial charge in [0.15, 0.2) is 5.78 Å². The first-order valence-electron chi connectivity index (χ1n) is 11.0. The van der Waals surface area contributed by atoms with Crippen molar-refractivity contribution in [1.29, 1.82) is 0 Å². The van der Waals surface area contributed by atoms with Gasteiger partial charge >= 0.3 is 5.97 Å². The van der Waals surface area contributed by atoms with Crippen LogP contribution in [0.1, 0.15) is 78.1 Å². The molecule has 0 aliphatic heterocycles. The Labute approximate surface area is 167 Å². The van der Waals surface area contributed by atoms with Gasteiger partial charge in [0.2, 0.25) is 5.79 Å². The van der Waals surface area contributed by atoms with Gasteiger partial charge in [0.1, 0.15) is 6.42 Å². The molecule has 0 amide bonds. The number of rotatable bonds is 4. The van der Waals surface area contributed by atoms with Gasteiger partial charge in [-0.2, -0.15) is 0 Å². The van der Waals surface area contributed by atoms with Gasteiger partial charge in [-0.25, -0.2) is 0 Å². The molecule has 0 aromatic heterocycles. The molecule has 3 saturated carbocycles. The van der Waals surface area contributed by atoms with E-state index in [0.29, 0.717) is 29.6 Å². The third kappa shape index (κ3) is 2.88. The van der Waals surface area contributed by atoms with Crippen LogP contribution in [0.4, 0.5) is 0 Å². The highest BCUT2D eigenvalue weighted by Gasteiger charge is 2.61. The number of carbonyl (C=O) groups excluding carboxylic acids is 1. The molecular formula is C23H34O5. The Balaban J connectivity index is 1.60. The Morgan fingerprint density at radius 1 is 1.11 bits per heavy atom. The van der Waals surface area contributed by atoms with Gasteiger partial charge in [0, 0.05) is 5.92 Å². The minimum absolute atomic E-state index is 0.260. The largest absolute Gasteiger partial charge is 0.481 e. The summed E-state index contributed by atoms with van der Waals surface area (Å²) in [6.07, 6.45) is 11.3. The van der Waals surface area contributed by atoms with E-state index in [4.69, 9.17) is 5.11 Å².